The number of aryl methyl sites for hydroxylation is 1. The van der Waals surface area contributed by atoms with E-state index < -0.39 is 0 Å². The van der Waals surface area contributed by atoms with Crippen LogP contribution in [0.25, 0.3) is 0 Å². The van der Waals surface area contributed by atoms with E-state index >= 15 is 0 Å². The third kappa shape index (κ3) is 5.25. The SMILES string of the molecule is Cc1ccccc1CC(=O)N1CCN(C(=O)NCC(C)(C)C)CC1. The fourth-order valence-electron chi connectivity index (χ4n) is 2.69. The first-order chi connectivity index (χ1) is 11.3. The minimum absolute atomic E-state index is 0.0315. The zero-order valence-electron chi connectivity index (χ0n) is 15.3. The van der Waals surface area contributed by atoms with Crippen LogP contribution in [-0.4, -0.2) is 54.5 Å². The van der Waals surface area contributed by atoms with Gasteiger partial charge in [-0.15, -0.1) is 0 Å². The summed E-state index contributed by atoms with van der Waals surface area (Å²) in [5.41, 5.74) is 2.29. The molecule has 1 aliphatic heterocycles. The van der Waals surface area contributed by atoms with Gasteiger partial charge in [-0.2, -0.15) is 0 Å². The van der Waals surface area contributed by atoms with E-state index in [-0.39, 0.29) is 17.4 Å². The van der Waals surface area contributed by atoms with Crippen LogP contribution in [0.1, 0.15) is 31.9 Å². The van der Waals surface area contributed by atoms with Crippen LogP contribution in [0.5, 0.6) is 0 Å². The van der Waals surface area contributed by atoms with Gasteiger partial charge in [0.1, 0.15) is 0 Å². The Labute approximate surface area is 145 Å². The molecule has 5 heteroatoms. The first-order valence-corrected chi connectivity index (χ1v) is 8.61. The van der Waals surface area contributed by atoms with E-state index in [1.54, 1.807) is 4.90 Å². The number of urea groups is 1. The maximum absolute atomic E-state index is 12.5. The summed E-state index contributed by atoms with van der Waals surface area (Å²) in [4.78, 5) is 28.3. The van der Waals surface area contributed by atoms with Crippen molar-refractivity contribution in [2.45, 2.75) is 34.1 Å². The molecule has 1 aliphatic rings. The van der Waals surface area contributed by atoms with Crippen LogP contribution >= 0.6 is 0 Å². The van der Waals surface area contributed by atoms with Crippen LogP contribution in [-0.2, 0) is 11.2 Å². The summed E-state index contributed by atoms with van der Waals surface area (Å²) in [5.74, 6) is 0.138. The molecule has 0 unspecified atom stereocenters. The van der Waals surface area contributed by atoms with Gasteiger partial charge in [-0.3, -0.25) is 4.79 Å². The number of hydrogen-bond acceptors (Lipinski definition) is 2. The van der Waals surface area contributed by atoms with Gasteiger partial charge < -0.3 is 15.1 Å². The summed E-state index contributed by atoms with van der Waals surface area (Å²) >= 11 is 0. The van der Waals surface area contributed by atoms with Gasteiger partial charge in [-0.1, -0.05) is 45.0 Å². The minimum atomic E-state index is -0.0315. The van der Waals surface area contributed by atoms with E-state index in [4.69, 9.17) is 0 Å². The summed E-state index contributed by atoms with van der Waals surface area (Å²) in [5, 5.41) is 2.97. The molecule has 1 heterocycles. The van der Waals surface area contributed by atoms with Gasteiger partial charge in [0.05, 0.1) is 6.42 Å². The molecule has 1 N–H and O–H groups in total. The zero-order chi connectivity index (χ0) is 17.7. The fraction of sp³-hybridized carbons (Fsp3) is 0.579. The van der Waals surface area contributed by atoms with E-state index in [0.29, 0.717) is 39.1 Å². The molecule has 0 saturated carbocycles. The number of piperazine rings is 1. The lowest BCUT2D eigenvalue weighted by Crippen LogP contribution is -2.54. The molecule has 1 aromatic carbocycles. The number of rotatable bonds is 3. The van der Waals surface area contributed by atoms with Crippen molar-refractivity contribution in [3.05, 3.63) is 35.4 Å². The molecule has 1 aromatic rings. The van der Waals surface area contributed by atoms with Crippen LogP contribution in [0.2, 0.25) is 0 Å². The first-order valence-electron chi connectivity index (χ1n) is 8.61. The molecule has 2 rings (SSSR count). The Kier molecular flexibility index (Phi) is 5.86. The van der Waals surface area contributed by atoms with Crippen LogP contribution in [0.15, 0.2) is 24.3 Å². The van der Waals surface area contributed by atoms with Crippen molar-refractivity contribution >= 4 is 11.9 Å². The number of carbonyl (C=O) groups is 2. The summed E-state index contributed by atoms with van der Waals surface area (Å²) in [6, 6.07) is 7.95. The lowest BCUT2D eigenvalue weighted by molar-refractivity contribution is -0.131. The molecule has 1 saturated heterocycles. The number of hydrogen-bond donors (Lipinski definition) is 1. The molecule has 0 spiro atoms. The summed E-state index contributed by atoms with van der Waals surface area (Å²) in [6.07, 6.45) is 0.433. The highest BCUT2D eigenvalue weighted by Crippen LogP contribution is 2.12. The topological polar surface area (TPSA) is 52.7 Å². The lowest BCUT2D eigenvalue weighted by atomic mass is 9.97. The Morgan fingerprint density at radius 1 is 1.04 bits per heavy atom. The molecule has 0 bridgehead atoms. The predicted molar refractivity (Wildman–Crippen MR) is 95.9 cm³/mol. The Balaban J connectivity index is 1.81. The number of benzene rings is 1. The maximum atomic E-state index is 12.5. The molecule has 24 heavy (non-hydrogen) atoms. The second-order valence-electron chi connectivity index (χ2n) is 7.69. The molecule has 1 fully saturated rings. The smallest absolute Gasteiger partial charge is 0.317 e. The molecule has 5 nitrogen and oxygen atoms in total. The van der Waals surface area contributed by atoms with Crippen molar-refractivity contribution in [1.82, 2.24) is 15.1 Å². The van der Waals surface area contributed by atoms with E-state index in [2.05, 4.69) is 26.1 Å². The normalized spacial score (nSPS) is 15.3. The van der Waals surface area contributed by atoms with E-state index in [1.165, 1.54) is 0 Å². The van der Waals surface area contributed by atoms with Gasteiger partial charge in [0.25, 0.3) is 0 Å². The van der Waals surface area contributed by atoms with Gasteiger partial charge >= 0.3 is 6.03 Å². The summed E-state index contributed by atoms with van der Waals surface area (Å²) in [7, 11) is 0. The fourth-order valence-corrected chi connectivity index (χ4v) is 2.69. The molecule has 132 valence electrons. The van der Waals surface area contributed by atoms with Crippen molar-refractivity contribution in [1.29, 1.82) is 0 Å². The lowest BCUT2D eigenvalue weighted by Gasteiger charge is -2.35. The average molecular weight is 331 g/mol. The maximum Gasteiger partial charge on any atom is 0.317 e. The van der Waals surface area contributed by atoms with Crippen LogP contribution in [0, 0.1) is 12.3 Å². The van der Waals surface area contributed by atoms with E-state index in [9.17, 15) is 9.59 Å². The number of nitrogens with one attached hydrogen (secondary N) is 1. The first kappa shape index (κ1) is 18.3. The van der Waals surface area contributed by atoms with Crippen molar-refractivity contribution < 1.29 is 9.59 Å². The predicted octanol–water partition coefficient (Wildman–Crippen LogP) is 2.44. The van der Waals surface area contributed by atoms with Crippen molar-refractivity contribution in [2.24, 2.45) is 5.41 Å². The molecular formula is C19H29N3O2. The molecule has 0 aliphatic carbocycles. The quantitative estimate of drug-likeness (QED) is 0.925. The molecule has 0 radical (unpaired) electrons. The number of amides is 3. The van der Waals surface area contributed by atoms with Gasteiger partial charge in [0, 0.05) is 32.7 Å². The van der Waals surface area contributed by atoms with Crippen LogP contribution in [0.3, 0.4) is 0 Å². The second-order valence-corrected chi connectivity index (χ2v) is 7.69. The number of nitrogens with zero attached hydrogens (tertiary/aromatic N) is 2. The summed E-state index contributed by atoms with van der Waals surface area (Å²) < 4.78 is 0. The van der Waals surface area contributed by atoms with Crippen molar-refractivity contribution in [3.8, 4) is 0 Å². The molecule has 3 amide bonds. The molecular weight excluding hydrogens is 302 g/mol. The third-order valence-corrected chi connectivity index (χ3v) is 4.29. The van der Waals surface area contributed by atoms with E-state index in [1.807, 2.05) is 36.1 Å². The number of carbonyl (C=O) groups excluding carboxylic acids is 2. The second kappa shape index (κ2) is 7.69. The molecule has 0 atom stereocenters. The Morgan fingerprint density at radius 2 is 1.62 bits per heavy atom. The monoisotopic (exact) mass is 331 g/mol. The van der Waals surface area contributed by atoms with Crippen molar-refractivity contribution in [2.75, 3.05) is 32.7 Å². The Morgan fingerprint density at radius 3 is 2.21 bits per heavy atom. The standard InChI is InChI=1S/C19H29N3O2/c1-15-7-5-6-8-16(15)13-17(23)21-9-11-22(12-10-21)18(24)20-14-19(2,3)4/h5-8H,9-14H2,1-4H3,(H,20,24). The highest BCUT2D eigenvalue weighted by atomic mass is 16.2. The van der Waals surface area contributed by atoms with Crippen LogP contribution < -0.4 is 5.32 Å². The Bertz CT molecular complexity index is 585. The Hall–Kier alpha value is -2.04. The molecule has 0 aromatic heterocycles. The van der Waals surface area contributed by atoms with Gasteiger partial charge in [0.2, 0.25) is 5.91 Å². The average Bonchev–Trinajstić information content (AvgIpc) is 2.54. The zero-order valence-corrected chi connectivity index (χ0v) is 15.3. The van der Waals surface area contributed by atoms with E-state index in [0.717, 1.165) is 11.1 Å². The highest BCUT2D eigenvalue weighted by molar-refractivity contribution is 5.80. The van der Waals surface area contributed by atoms with Gasteiger partial charge in [-0.05, 0) is 23.5 Å². The van der Waals surface area contributed by atoms with Gasteiger partial charge in [0.15, 0.2) is 0 Å². The third-order valence-electron chi connectivity index (χ3n) is 4.29. The minimum Gasteiger partial charge on any atom is -0.339 e. The van der Waals surface area contributed by atoms with Gasteiger partial charge in [-0.25, -0.2) is 4.79 Å². The largest absolute Gasteiger partial charge is 0.339 e. The summed E-state index contributed by atoms with van der Waals surface area (Å²) in [6.45, 7) is 11.4. The highest BCUT2D eigenvalue weighted by Gasteiger charge is 2.25. The van der Waals surface area contributed by atoms with Crippen molar-refractivity contribution in [3.63, 3.8) is 0 Å². The van der Waals surface area contributed by atoms with Crippen LogP contribution in [0.4, 0.5) is 4.79 Å².